The van der Waals surface area contributed by atoms with Gasteiger partial charge in [-0.1, -0.05) is 22.0 Å². The molecule has 0 atom stereocenters. The lowest BCUT2D eigenvalue weighted by molar-refractivity contribution is -0.386. The predicted octanol–water partition coefficient (Wildman–Crippen LogP) is 4.30. The Morgan fingerprint density at radius 1 is 1.17 bits per heavy atom. The summed E-state index contributed by atoms with van der Waals surface area (Å²) in [4.78, 5) is 10.0. The molecule has 0 amide bonds. The second-order valence-electron chi connectivity index (χ2n) is 3.55. The van der Waals surface area contributed by atoms with Crippen molar-refractivity contribution in [3.8, 4) is 11.1 Å². The molecule has 0 unspecified atom stereocenters. The van der Waals surface area contributed by atoms with Gasteiger partial charge >= 0.3 is 5.69 Å². The second kappa shape index (κ2) is 4.81. The summed E-state index contributed by atoms with van der Waals surface area (Å²) in [6.45, 7) is 0. The molecule has 0 aliphatic heterocycles. The maximum absolute atomic E-state index is 13.4. The molecule has 92 valence electrons. The van der Waals surface area contributed by atoms with Gasteiger partial charge in [-0.2, -0.15) is 4.39 Å². The molecule has 0 bridgehead atoms. The summed E-state index contributed by atoms with van der Waals surface area (Å²) in [6, 6.07) is 7.54. The fourth-order valence-corrected chi connectivity index (χ4v) is 2.11. The summed E-state index contributed by atoms with van der Waals surface area (Å²) < 4.78 is 27.1. The molecule has 18 heavy (non-hydrogen) atoms. The number of hydrogen-bond donors (Lipinski definition) is 0. The van der Waals surface area contributed by atoms with Gasteiger partial charge in [-0.3, -0.25) is 10.1 Å². The Morgan fingerprint density at radius 2 is 1.89 bits per heavy atom. The molecule has 2 aromatic rings. The van der Waals surface area contributed by atoms with Crippen LogP contribution in [0.15, 0.2) is 40.9 Å². The lowest BCUT2D eigenvalue weighted by Gasteiger charge is -2.05. The van der Waals surface area contributed by atoms with E-state index >= 15 is 0 Å². The normalized spacial score (nSPS) is 10.4. The van der Waals surface area contributed by atoms with Crippen molar-refractivity contribution in [2.45, 2.75) is 0 Å². The summed E-state index contributed by atoms with van der Waals surface area (Å²) >= 11 is 3.09. The van der Waals surface area contributed by atoms with Crippen LogP contribution in [0.4, 0.5) is 14.5 Å². The number of benzene rings is 2. The van der Waals surface area contributed by atoms with E-state index in [0.717, 1.165) is 12.1 Å². The number of hydrogen-bond acceptors (Lipinski definition) is 2. The largest absolute Gasteiger partial charge is 0.312 e. The van der Waals surface area contributed by atoms with E-state index in [0.29, 0.717) is 4.47 Å². The van der Waals surface area contributed by atoms with E-state index in [2.05, 4.69) is 15.9 Å². The molecule has 0 fully saturated rings. The first kappa shape index (κ1) is 12.6. The topological polar surface area (TPSA) is 43.1 Å². The molecule has 0 heterocycles. The molecule has 0 radical (unpaired) electrons. The van der Waals surface area contributed by atoms with Crippen LogP contribution in [0.3, 0.4) is 0 Å². The number of halogens is 3. The Bertz CT molecular complexity index is 611. The Hall–Kier alpha value is -1.82. The third-order valence-electron chi connectivity index (χ3n) is 2.34. The van der Waals surface area contributed by atoms with Gasteiger partial charge in [0.2, 0.25) is 5.82 Å². The smallest absolute Gasteiger partial charge is 0.258 e. The fraction of sp³-hybridized carbons (Fsp3) is 0. The van der Waals surface area contributed by atoms with Crippen molar-refractivity contribution in [2.24, 2.45) is 0 Å². The van der Waals surface area contributed by atoms with Crippen LogP contribution in [-0.2, 0) is 0 Å². The lowest BCUT2D eigenvalue weighted by Crippen LogP contribution is -1.96. The van der Waals surface area contributed by atoms with E-state index < -0.39 is 22.2 Å². The molecule has 0 aromatic heterocycles. The van der Waals surface area contributed by atoms with Crippen LogP contribution in [0.5, 0.6) is 0 Å². The van der Waals surface area contributed by atoms with E-state index in [1.54, 1.807) is 0 Å². The van der Waals surface area contributed by atoms with Crippen molar-refractivity contribution in [3.05, 3.63) is 62.6 Å². The third-order valence-corrected chi connectivity index (χ3v) is 2.80. The summed E-state index contributed by atoms with van der Waals surface area (Å²) in [5.41, 5.74) is -0.372. The van der Waals surface area contributed by atoms with Gasteiger partial charge in [-0.05, 0) is 35.9 Å². The number of para-hydroxylation sites is 1. The van der Waals surface area contributed by atoms with Gasteiger partial charge in [0.1, 0.15) is 5.82 Å². The van der Waals surface area contributed by atoms with Crippen molar-refractivity contribution in [1.29, 1.82) is 0 Å². The Morgan fingerprint density at radius 3 is 2.50 bits per heavy atom. The number of nitro benzene ring substituents is 1. The maximum Gasteiger partial charge on any atom is 0.312 e. The first-order valence-electron chi connectivity index (χ1n) is 4.88. The third kappa shape index (κ3) is 2.38. The van der Waals surface area contributed by atoms with Gasteiger partial charge in [0.25, 0.3) is 0 Å². The summed E-state index contributed by atoms with van der Waals surface area (Å²) in [6.07, 6.45) is 0. The van der Waals surface area contributed by atoms with Crippen molar-refractivity contribution in [3.63, 3.8) is 0 Å². The Balaban J connectivity index is 2.71. The van der Waals surface area contributed by atoms with Gasteiger partial charge in [-0.25, -0.2) is 4.39 Å². The highest BCUT2D eigenvalue weighted by atomic mass is 79.9. The Labute approximate surface area is 109 Å². The van der Waals surface area contributed by atoms with E-state index in [9.17, 15) is 18.9 Å². The second-order valence-corrected chi connectivity index (χ2v) is 4.47. The van der Waals surface area contributed by atoms with Crippen molar-refractivity contribution in [2.75, 3.05) is 0 Å². The standard InChI is InChI=1S/C12H6BrF2NO2/c13-8-4-7(5-9(14)6-8)10-2-1-3-11(15)12(10)16(17)18/h1-6H. The van der Waals surface area contributed by atoms with Crippen LogP contribution >= 0.6 is 15.9 Å². The van der Waals surface area contributed by atoms with Gasteiger partial charge in [0, 0.05) is 4.47 Å². The predicted molar refractivity (Wildman–Crippen MR) is 66.1 cm³/mol. The quantitative estimate of drug-likeness (QED) is 0.612. The van der Waals surface area contributed by atoms with Crippen LogP contribution in [0, 0.1) is 21.7 Å². The molecule has 0 aliphatic carbocycles. The van der Waals surface area contributed by atoms with E-state index in [4.69, 9.17) is 0 Å². The summed E-state index contributed by atoms with van der Waals surface area (Å²) in [5, 5.41) is 10.8. The van der Waals surface area contributed by atoms with Gasteiger partial charge in [0.15, 0.2) is 0 Å². The van der Waals surface area contributed by atoms with Crippen LogP contribution < -0.4 is 0 Å². The van der Waals surface area contributed by atoms with E-state index in [1.807, 2.05) is 0 Å². The molecule has 6 heteroatoms. The SMILES string of the molecule is O=[N+]([O-])c1c(F)cccc1-c1cc(F)cc(Br)c1. The van der Waals surface area contributed by atoms with E-state index in [1.165, 1.54) is 24.3 Å². The zero-order valence-electron chi connectivity index (χ0n) is 8.86. The molecule has 0 N–H and O–H groups in total. The maximum atomic E-state index is 13.4. The van der Waals surface area contributed by atoms with Crippen molar-refractivity contribution >= 4 is 21.6 Å². The van der Waals surface area contributed by atoms with Gasteiger partial charge in [0.05, 0.1) is 10.5 Å². The lowest BCUT2D eigenvalue weighted by atomic mass is 10.0. The highest BCUT2D eigenvalue weighted by molar-refractivity contribution is 9.10. The zero-order valence-corrected chi connectivity index (χ0v) is 10.4. The molecule has 0 saturated heterocycles. The fourth-order valence-electron chi connectivity index (χ4n) is 1.64. The molecule has 2 rings (SSSR count). The number of nitro groups is 1. The summed E-state index contributed by atoms with van der Waals surface area (Å²) in [7, 11) is 0. The highest BCUT2D eigenvalue weighted by Gasteiger charge is 2.21. The van der Waals surface area contributed by atoms with Gasteiger partial charge in [-0.15, -0.1) is 0 Å². The molecule has 3 nitrogen and oxygen atoms in total. The molecular weight excluding hydrogens is 308 g/mol. The first-order chi connectivity index (χ1) is 8.49. The molecule has 2 aromatic carbocycles. The monoisotopic (exact) mass is 313 g/mol. The van der Waals surface area contributed by atoms with Crippen LogP contribution in [0.1, 0.15) is 0 Å². The minimum atomic E-state index is -0.946. The van der Waals surface area contributed by atoms with Gasteiger partial charge < -0.3 is 0 Å². The zero-order chi connectivity index (χ0) is 13.3. The van der Waals surface area contributed by atoms with Crippen LogP contribution in [-0.4, -0.2) is 4.92 Å². The van der Waals surface area contributed by atoms with E-state index in [-0.39, 0.29) is 11.1 Å². The average Bonchev–Trinajstić information content (AvgIpc) is 2.26. The van der Waals surface area contributed by atoms with Crippen LogP contribution in [0.25, 0.3) is 11.1 Å². The Kier molecular flexibility index (Phi) is 3.38. The molecule has 0 saturated carbocycles. The number of rotatable bonds is 2. The average molecular weight is 314 g/mol. The molecular formula is C12H6BrF2NO2. The van der Waals surface area contributed by atoms with Crippen molar-refractivity contribution in [1.82, 2.24) is 0 Å². The highest BCUT2D eigenvalue weighted by Crippen LogP contribution is 2.33. The number of nitrogens with zero attached hydrogens (tertiary/aromatic N) is 1. The molecule has 0 aliphatic rings. The first-order valence-corrected chi connectivity index (χ1v) is 5.67. The summed E-state index contributed by atoms with van der Waals surface area (Å²) in [5.74, 6) is -1.50. The minimum Gasteiger partial charge on any atom is -0.258 e. The van der Waals surface area contributed by atoms with Crippen LogP contribution in [0.2, 0.25) is 0 Å². The molecule has 0 spiro atoms. The minimum absolute atomic E-state index is 0.0419. The van der Waals surface area contributed by atoms with Crippen molar-refractivity contribution < 1.29 is 13.7 Å².